The summed E-state index contributed by atoms with van der Waals surface area (Å²) in [6.45, 7) is 1.13. The molecule has 1 heterocycles. The molecule has 178 valence electrons. The van der Waals surface area contributed by atoms with Crippen LogP contribution in [0.3, 0.4) is 0 Å². The molecule has 0 N–H and O–H groups in total. The topological polar surface area (TPSA) is 25.2 Å². The van der Waals surface area contributed by atoms with Gasteiger partial charge in [-0.1, -0.05) is 73.9 Å². The zero-order valence-electron chi connectivity index (χ0n) is 19.9. The minimum atomic E-state index is -0.228. The molecule has 1 aliphatic rings. The third kappa shape index (κ3) is 5.54. The maximum atomic E-state index is 13.8. The van der Waals surface area contributed by atoms with Gasteiger partial charge in [-0.05, 0) is 65.9 Å². The van der Waals surface area contributed by atoms with E-state index in [1.165, 1.54) is 12.5 Å². The van der Waals surface area contributed by atoms with Gasteiger partial charge in [-0.25, -0.2) is 4.39 Å². The Hall–Kier alpha value is -3.66. The third-order valence-electron chi connectivity index (χ3n) is 7.01. The van der Waals surface area contributed by atoms with E-state index in [0.717, 1.165) is 53.6 Å². The van der Waals surface area contributed by atoms with Crippen molar-refractivity contribution >= 4 is 5.91 Å². The summed E-state index contributed by atoms with van der Waals surface area (Å²) in [5.74, 6) is -0.149. The Kier molecular flexibility index (Phi) is 7.08. The van der Waals surface area contributed by atoms with Crippen LogP contribution in [0.25, 0.3) is 11.1 Å². The lowest BCUT2D eigenvalue weighted by Crippen LogP contribution is -2.41. The maximum absolute atomic E-state index is 13.8. The predicted molar refractivity (Wildman–Crippen MR) is 139 cm³/mol. The van der Waals surface area contributed by atoms with Gasteiger partial charge in [-0.3, -0.25) is 4.79 Å². The Morgan fingerprint density at radius 1 is 0.829 bits per heavy atom. The number of hydrogen-bond acceptors (Lipinski definition) is 1. The zero-order valence-corrected chi connectivity index (χ0v) is 19.9. The summed E-state index contributed by atoms with van der Waals surface area (Å²) in [4.78, 5) is 15.9. The fourth-order valence-corrected chi connectivity index (χ4v) is 5.11. The van der Waals surface area contributed by atoms with Crippen LogP contribution in [-0.2, 0) is 13.1 Å². The second kappa shape index (κ2) is 10.7. The van der Waals surface area contributed by atoms with Crippen molar-refractivity contribution in [2.24, 2.45) is 0 Å². The molecule has 35 heavy (non-hydrogen) atoms. The van der Waals surface area contributed by atoms with Gasteiger partial charge >= 0.3 is 0 Å². The predicted octanol–water partition coefficient (Wildman–Crippen LogP) is 7.32. The molecule has 0 spiro atoms. The summed E-state index contributed by atoms with van der Waals surface area (Å²) in [6, 6.07) is 29.2. The average Bonchev–Trinajstić information content (AvgIpc) is 3.34. The smallest absolute Gasteiger partial charge is 0.254 e. The minimum Gasteiger partial charge on any atom is -0.345 e. The van der Waals surface area contributed by atoms with Crippen LogP contribution in [0.1, 0.15) is 53.7 Å². The van der Waals surface area contributed by atoms with Crippen LogP contribution in [0.4, 0.5) is 4.39 Å². The van der Waals surface area contributed by atoms with E-state index in [2.05, 4.69) is 27.7 Å². The van der Waals surface area contributed by atoms with Crippen LogP contribution in [0.2, 0.25) is 0 Å². The van der Waals surface area contributed by atoms with E-state index < -0.39 is 0 Å². The Labute approximate surface area is 206 Å². The molecular weight excluding hydrogens is 435 g/mol. The van der Waals surface area contributed by atoms with Gasteiger partial charge in [0.05, 0.1) is 6.54 Å². The number of aromatic nitrogens is 1. The van der Waals surface area contributed by atoms with Crippen LogP contribution >= 0.6 is 0 Å². The summed E-state index contributed by atoms with van der Waals surface area (Å²) >= 11 is 0. The van der Waals surface area contributed by atoms with Crippen molar-refractivity contribution in [2.75, 3.05) is 0 Å². The summed E-state index contributed by atoms with van der Waals surface area (Å²) in [5.41, 5.74) is 4.95. The molecule has 0 unspecified atom stereocenters. The molecule has 1 aromatic heterocycles. The Morgan fingerprint density at radius 2 is 1.57 bits per heavy atom. The SMILES string of the molecule is O=C(c1ccc(-c2ccccc2)cc1)N(Cc1cccn1Cc1cccc(F)c1)C1CCCCC1. The second-order valence-electron chi connectivity index (χ2n) is 9.43. The highest BCUT2D eigenvalue weighted by Gasteiger charge is 2.27. The second-order valence-corrected chi connectivity index (χ2v) is 9.43. The molecule has 5 rings (SSSR count). The zero-order chi connectivity index (χ0) is 24.0. The number of rotatable bonds is 7. The quantitative estimate of drug-likeness (QED) is 0.280. The lowest BCUT2D eigenvalue weighted by atomic mass is 9.93. The summed E-state index contributed by atoms with van der Waals surface area (Å²) in [5, 5.41) is 0. The van der Waals surface area contributed by atoms with Crippen molar-refractivity contribution in [1.82, 2.24) is 9.47 Å². The first kappa shape index (κ1) is 23.1. The van der Waals surface area contributed by atoms with Gasteiger partial charge in [0, 0.05) is 30.0 Å². The van der Waals surface area contributed by atoms with Gasteiger partial charge in [-0.2, -0.15) is 0 Å². The number of hydrogen-bond donors (Lipinski definition) is 0. The molecule has 1 fully saturated rings. The number of halogens is 1. The summed E-state index contributed by atoms with van der Waals surface area (Å²) < 4.78 is 15.8. The van der Waals surface area contributed by atoms with Crippen LogP contribution in [0, 0.1) is 5.82 Å². The highest BCUT2D eigenvalue weighted by molar-refractivity contribution is 5.95. The van der Waals surface area contributed by atoms with Gasteiger partial charge in [0.1, 0.15) is 5.82 Å². The molecule has 0 bridgehead atoms. The highest BCUT2D eigenvalue weighted by atomic mass is 19.1. The first-order chi connectivity index (χ1) is 17.2. The molecule has 0 atom stereocenters. The van der Waals surface area contributed by atoms with Gasteiger partial charge in [-0.15, -0.1) is 0 Å². The van der Waals surface area contributed by atoms with Crippen molar-refractivity contribution < 1.29 is 9.18 Å². The lowest BCUT2D eigenvalue weighted by molar-refractivity contribution is 0.0608. The molecule has 1 amide bonds. The standard InChI is InChI=1S/C31H31FN2O/c32-28-12-7-9-24(21-28)22-33-20-8-15-30(33)23-34(29-13-5-2-6-14-29)31(35)27-18-16-26(17-19-27)25-10-3-1-4-11-25/h1,3-4,7-12,15-21,29H,2,5-6,13-14,22-23H2. The molecule has 3 aromatic carbocycles. The van der Waals surface area contributed by atoms with Crippen molar-refractivity contribution in [3.8, 4) is 11.1 Å². The van der Waals surface area contributed by atoms with Gasteiger partial charge < -0.3 is 9.47 Å². The molecule has 4 aromatic rings. The molecule has 1 saturated carbocycles. The van der Waals surface area contributed by atoms with Crippen molar-refractivity contribution in [1.29, 1.82) is 0 Å². The molecule has 0 aliphatic heterocycles. The number of nitrogens with zero attached hydrogens (tertiary/aromatic N) is 2. The number of carbonyl (C=O) groups is 1. The van der Waals surface area contributed by atoms with Crippen LogP contribution < -0.4 is 0 Å². The molecule has 0 radical (unpaired) electrons. The van der Waals surface area contributed by atoms with Crippen LogP contribution in [-0.4, -0.2) is 21.4 Å². The van der Waals surface area contributed by atoms with Crippen LogP contribution in [0.5, 0.6) is 0 Å². The van der Waals surface area contributed by atoms with Crippen molar-refractivity contribution in [3.05, 3.63) is 120 Å². The largest absolute Gasteiger partial charge is 0.345 e. The third-order valence-corrected chi connectivity index (χ3v) is 7.01. The van der Waals surface area contributed by atoms with Crippen molar-refractivity contribution in [3.63, 3.8) is 0 Å². The van der Waals surface area contributed by atoms with E-state index in [1.54, 1.807) is 12.1 Å². The van der Waals surface area contributed by atoms with E-state index in [4.69, 9.17) is 0 Å². The number of amides is 1. The first-order valence-corrected chi connectivity index (χ1v) is 12.5. The highest BCUT2D eigenvalue weighted by Crippen LogP contribution is 2.27. The molecule has 1 aliphatic carbocycles. The maximum Gasteiger partial charge on any atom is 0.254 e. The van der Waals surface area contributed by atoms with Crippen molar-refractivity contribution in [2.45, 2.75) is 51.2 Å². The van der Waals surface area contributed by atoms with E-state index in [1.807, 2.05) is 60.8 Å². The molecular formula is C31H31FN2O. The fourth-order valence-electron chi connectivity index (χ4n) is 5.11. The number of carbonyl (C=O) groups excluding carboxylic acids is 1. The van der Waals surface area contributed by atoms with Crippen LogP contribution in [0.15, 0.2) is 97.2 Å². The summed E-state index contributed by atoms with van der Waals surface area (Å²) in [6.07, 6.45) is 7.65. The Bertz CT molecular complexity index is 1260. The van der Waals surface area contributed by atoms with Gasteiger partial charge in [0.25, 0.3) is 5.91 Å². The van der Waals surface area contributed by atoms with E-state index >= 15 is 0 Å². The number of benzene rings is 3. The lowest BCUT2D eigenvalue weighted by Gasteiger charge is -2.35. The van der Waals surface area contributed by atoms with E-state index in [9.17, 15) is 9.18 Å². The minimum absolute atomic E-state index is 0.0787. The average molecular weight is 467 g/mol. The Morgan fingerprint density at radius 3 is 2.31 bits per heavy atom. The van der Waals surface area contributed by atoms with E-state index in [0.29, 0.717) is 13.1 Å². The fraction of sp³-hybridized carbons (Fsp3) is 0.258. The molecule has 4 heteroatoms. The normalized spacial score (nSPS) is 14.1. The van der Waals surface area contributed by atoms with Gasteiger partial charge in [0.15, 0.2) is 0 Å². The van der Waals surface area contributed by atoms with Gasteiger partial charge in [0.2, 0.25) is 0 Å². The molecule has 0 saturated heterocycles. The Balaban J connectivity index is 1.39. The first-order valence-electron chi connectivity index (χ1n) is 12.5. The van der Waals surface area contributed by atoms with E-state index in [-0.39, 0.29) is 17.8 Å². The monoisotopic (exact) mass is 466 g/mol. The molecule has 3 nitrogen and oxygen atoms in total. The summed E-state index contributed by atoms with van der Waals surface area (Å²) in [7, 11) is 0.